The van der Waals surface area contributed by atoms with Crippen LogP contribution in [0.4, 0.5) is 8.78 Å². The molecule has 0 saturated carbocycles. The molecule has 2 rings (SSSR count). The van der Waals surface area contributed by atoms with Gasteiger partial charge < -0.3 is 10.1 Å². The molecule has 0 aliphatic rings. The number of alkyl halides is 2. The van der Waals surface area contributed by atoms with Crippen LogP contribution < -0.4 is 10.1 Å². The van der Waals surface area contributed by atoms with E-state index in [2.05, 4.69) is 26.0 Å². The zero-order valence-electron chi connectivity index (χ0n) is 11.7. The number of thiophene rings is 1. The molecule has 2 aromatic rings. The highest BCUT2D eigenvalue weighted by atomic mass is 79.9. The summed E-state index contributed by atoms with van der Waals surface area (Å²) in [6.45, 7) is 1.90. The van der Waals surface area contributed by atoms with Crippen molar-refractivity contribution in [2.24, 2.45) is 0 Å². The molecule has 21 heavy (non-hydrogen) atoms. The summed E-state index contributed by atoms with van der Waals surface area (Å²) in [5.41, 5.74) is 1.78. The SMILES string of the molecule is CCNC(c1ccccc1OC(F)F)c1cc(Br)sc1C. The normalized spacial score (nSPS) is 12.7. The van der Waals surface area contributed by atoms with Gasteiger partial charge in [0.15, 0.2) is 0 Å². The summed E-state index contributed by atoms with van der Waals surface area (Å²) >= 11 is 5.10. The van der Waals surface area contributed by atoms with Crippen LogP contribution in [0.15, 0.2) is 34.1 Å². The van der Waals surface area contributed by atoms with Gasteiger partial charge in [0.05, 0.1) is 9.83 Å². The largest absolute Gasteiger partial charge is 0.434 e. The van der Waals surface area contributed by atoms with Gasteiger partial charge in [0.1, 0.15) is 5.75 Å². The predicted molar refractivity (Wildman–Crippen MR) is 85.3 cm³/mol. The topological polar surface area (TPSA) is 21.3 Å². The highest BCUT2D eigenvalue weighted by molar-refractivity contribution is 9.11. The fourth-order valence-electron chi connectivity index (χ4n) is 2.26. The second-order valence-electron chi connectivity index (χ2n) is 4.47. The maximum Gasteiger partial charge on any atom is 0.387 e. The Morgan fingerprint density at radius 2 is 2.00 bits per heavy atom. The molecule has 0 fully saturated rings. The lowest BCUT2D eigenvalue weighted by Gasteiger charge is -2.21. The van der Waals surface area contributed by atoms with E-state index in [4.69, 9.17) is 0 Å². The molecule has 0 spiro atoms. The van der Waals surface area contributed by atoms with Crippen LogP contribution in [0.25, 0.3) is 0 Å². The van der Waals surface area contributed by atoms with Crippen molar-refractivity contribution >= 4 is 27.3 Å². The Hall–Kier alpha value is -0.980. The van der Waals surface area contributed by atoms with Crippen LogP contribution in [0.5, 0.6) is 5.75 Å². The summed E-state index contributed by atoms with van der Waals surface area (Å²) in [7, 11) is 0. The third-order valence-corrected chi connectivity index (χ3v) is 4.66. The van der Waals surface area contributed by atoms with Crippen molar-refractivity contribution in [3.05, 3.63) is 50.1 Å². The molecule has 1 aromatic carbocycles. The quantitative estimate of drug-likeness (QED) is 0.756. The molecule has 1 atom stereocenters. The standard InChI is InChI=1S/C15H16BrF2NOS/c1-3-19-14(11-8-13(16)21-9(11)2)10-6-4-5-7-12(10)20-15(17)18/h4-8,14-15,19H,3H2,1-2H3. The molecule has 0 aliphatic carbocycles. The Balaban J connectivity index is 2.45. The van der Waals surface area contributed by atoms with E-state index in [1.165, 1.54) is 0 Å². The molecule has 0 bridgehead atoms. The number of ether oxygens (including phenoxy) is 1. The monoisotopic (exact) mass is 375 g/mol. The average Bonchev–Trinajstić information content (AvgIpc) is 2.75. The van der Waals surface area contributed by atoms with E-state index in [0.717, 1.165) is 20.8 Å². The highest BCUT2D eigenvalue weighted by Crippen LogP contribution is 2.37. The summed E-state index contributed by atoms with van der Waals surface area (Å²) in [5.74, 6) is 0.208. The summed E-state index contributed by atoms with van der Waals surface area (Å²) in [6, 6.07) is 8.76. The highest BCUT2D eigenvalue weighted by Gasteiger charge is 2.22. The molecule has 2 nitrogen and oxygen atoms in total. The van der Waals surface area contributed by atoms with Crippen molar-refractivity contribution < 1.29 is 13.5 Å². The Kier molecular flexibility index (Phi) is 5.72. The summed E-state index contributed by atoms with van der Waals surface area (Å²) in [6.07, 6.45) is 0. The molecule has 1 unspecified atom stereocenters. The van der Waals surface area contributed by atoms with E-state index < -0.39 is 6.61 Å². The van der Waals surface area contributed by atoms with E-state index in [1.807, 2.05) is 32.0 Å². The summed E-state index contributed by atoms with van der Waals surface area (Å²) < 4.78 is 30.9. The number of nitrogens with one attached hydrogen (secondary N) is 1. The van der Waals surface area contributed by atoms with Crippen molar-refractivity contribution in [2.45, 2.75) is 26.5 Å². The van der Waals surface area contributed by atoms with E-state index in [1.54, 1.807) is 23.5 Å². The molecular weight excluding hydrogens is 360 g/mol. The molecule has 1 heterocycles. The molecule has 0 amide bonds. The van der Waals surface area contributed by atoms with Crippen molar-refractivity contribution in [1.29, 1.82) is 0 Å². The van der Waals surface area contributed by atoms with Crippen molar-refractivity contribution in [2.75, 3.05) is 6.54 Å². The third-order valence-electron chi connectivity index (χ3n) is 3.09. The maximum absolute atomic E-state index is 12.6. The van der Waals surface area contributed by atoms with E-state index >= 15 is 0 Å². The van der Waals surface area contributed by atoms with Gasteiger partial charge in [-0.15, -0.1) is 11.3 Å². The number of benzene rings is 1. The average molecular weight is 376 g/mol. The van der Waals surface area contributed by atoms with Gasteiger partial charge in [-0.3, -0.25) is 0 Å². The first-order valence-electron chi connectivity index (χ1n) is 6.55. The Labute approximate surface area is 135 Å². The molecule has 1 N–H and O–H groups in total. The number of hydrogen-bond donors (Lipinski definition) is 1. The molecule has 0 aliphatic heterocycles. The van der Waals surface area contributed by atoms with E-state index in [9.17, 15) is 8.78 Å². The van der Waals surface area contributed by atoms with Gasteiger partial charge in [0.2, 0.25) is 0 Å². The second kappa shape index (κ2) is 7.33. The minimum absolute atomic E-state index is 0.174. The third kappa shape index (κ3) is 4.02. The Morgan fingerprint density at radius 3 is 2.57 bits per heavy atom. The molecular formula is C15H16BrF2NOS. The van der Waals surface area contributed by atoms with Crippen LogP contribution in [-0.4, -0.2) is 13.2 Å². The molecule has 6 heteroatoms. The fourth-order valence-corrected chi connectivity index (χ4v) is 4.01. The van der Waals surface area contributed by atoms with Crippen LogP contribution in [-0.2, 0) is 0 Å². The van der Waals surface area contributed by atoms with Gasteiger partial charge in [0.25, 0.3) is 0 Å². The number of hydrogen-bond acceptors (Lipinski definition) is 3. The van der Waals surface area contributed by atoms with Gasteiger partial charge >= 0.3 is 6.61 Å². The minimum Gasteiger partial charge on any atom is -0.434 e. The van der Waals surface area contributed by atoms with Gasteiger partial charge in [0, 0.05) is 10.4 Å². The van der Waals surface area contributed by atoms with E-state index in [0.29, 0.717) is 5.56 Å². The number of para-hydroxylation sites is 1. The van der Waals surface area contributed by atoms with Gasteiger partial charge in [-0.2, -0.15) is 8.78 Å². The Bertz CT molecular complexity index is 603. The first kappa shape index (κ1) is 16.4. The van der Waals surface area contributed by atoms with Gasteiger partial charge in [-0.05, 0) is 47.1 Å². The lowest BCUT2D eigenvalue weighted by molar-refractivity contribution is -0.0506. The second-order valence-corrected chi connectivity index (χ2v) is 7.10. The van der Waals surface area contributed by atoms with Crippen LogP contribution in [0.2, 0.25) is 0 Å². The van der Waals surface area contributed by atoms with Crippen molar-refractivity contribution in [3.63, 3.8) is 0 Å². The van der Waals surface area contributed by atoms with Crippen molar-refractivity contribution in [3.8, 4) is 5.75 Å². The molecule has 0 radical (unpaired) electrons. The van der Waals surface area contributed by atoms with Crippen molar-refractivity contribution in [1.82, 2.24) is 5.32 Å². The predicted octanol–water partition coefficient (Wildman–Crippen LogP) is 5.12. The lowest BCUT2D eigenvalue weighted by atomic mass is 9.98. The summed E-state index contributed by atoms with van der Waals surface area (Å²) in [4.78, 5) is 1.14. The van der Waals surface area contributed by atoms with Crippen LogP contribution in [0, 0.1) is 6.92 Å². The molecule has 1 aromatic heterocycles. The van der Waals surface area contributed by atoms with E-state index in [-0.39, 0.29) is 11.8 Å². The Morgan fingerprint density at radius 1 is 1.29 bits per heavy atom. The molecule has 0 saturated heterocycles. The number of halogens is 3. The van der Waals surface area contributed by atoms with Gasteiger partial charge in [-0.25, -0.2) is 0 Å². The van der Waals surface area contributed by atoms with Crippen LogP contribution in [0.1, 0.15) is 29.0 Å². The zero-order valence-corrected chi connectivity index (χ0v) is 14.1. The zero-order chi connectivity index (χ0) is 15.4. The first-order chi connectivity index (χ1) is 10.0. The first-order valence-corrected chi connectivity index (χ1v) is 8.16. The molecule has 114 valence electrons. The summed E-state index contributed by atoms with van der Waals surface area (Å²) in [5, 5.41) is 3.34. The van der Waals surface area contributed by atoms with Crippen LogP contribution in [0.3, 0.4) is 0 Å². The number of aryl methyl sites for hydroxylation is 1. The smallest absolute Gasteiger partial charge is 0.387 e. The van der Waals surface area contributed by atoms with Crippen LogP contribution >= 0.6 is 27.3 Å². The maximum atomic E-state index is 12.6. The minimum atomic E-state index is -2.83. The fraction of sp³-hybridized carbons (Fsp3) is 0.333. The number of rotatable bonds is 6. The van der Waals surface area contributed by atoms with Gasteiger partial charge in [-0.1, -0.05) is 25.1 Å². The lowest BCUT2D eigenvalue weighted by Crippen LogP contribution is -2.23.